The Labute approximate surface area is 299 Å². The number of aliphatic carboxylic acids is 1. The maximum atomic E-state index is 13.8. The molecule has 13 nitrogen and oxygen atoms in total. The van der Waals surface area contributed by atoms with E-state index >= 15 is 0 Å². The molecule has 8 unspecified atom stereocenters. The summed E-state index contributed by atoms with van der Waals surface area (Å²) in [7, 11) is 3.48. The van der Waals surface area contributed by atoms with Crippen LogP contribution in [0.3, 0.4) is 0 Å². The van der Waals surface area contributed by atoms with Crippen molar-refractivity contribution in [3.8, 4) is 0 Å². The summed E-state index contributed by atoms with van der Waals surface area (Å²) in [5.41, 5.74) is 1.15. The van der Waals surface area contributed by atoms with Gasteiger partial charge in [0.1, 0.15) is 16.7 Å². The maximum absolute atomic E-state index is 13.8. The van der Waals surface area contributed by atoms with E-state index in [1.165, 1.54) is 11.3 Å². The number of carbonyl (C=O) groups is 5. The molecule has 2 aromatic rings. The number of likely N-dealkylation sites (tertiary alicyclic amines) is 2. The lowest BCUT2D eigenvalue weighted by molar-refractivity contribution is -0.141. The number of piperidine rings is 1. The fourth-order valence-electron chi connectivity index (χ4n) is 6.94. The minimum atomic E-state index is -0.936. The fraction of sp³-hybridized carbons (Fsp3) is 0.611. The molecule has 274 valence electrons. The van der Waals surface area contributed by atoms with Crippen LogP contribution < -0.4 is 21.3 Å². The SMILES string of the molecule is CCC(C)C(NC(=O)C1CCCCN1C)C(=O)NC1CC(c2nc(C(=O)NC(Cc3ccccc3)CC(C)C(=O)O)cs2)N(C(=O)NC)C1C. The van der Waals surface area contributed by atoms with E-state index in [0.29, 0.717) is 24.3 Å². The maximum Gasteiger partial charge on any atom is 0.318 e. The van der Waals surface area contributed by atoms with Crippen LogP contribution in [0.2, 0.25) is 0 Å². The number of likely N-dealkylation sites (N-methyl/N-ethyl adjacent to an activating group) is 1. The van der Waals surface area contributed by atoms with Gasteiger partial charge in [0, 0.05) is 18.5 Å². The van der Waals surface area contributed by atoms with Crippen molar-refractivity contribution in [2.75, 3.05) is 20.6 Å². The third-order valence-corrected chi connectivity index (χ3v) is 11.2. The minimum absolute atomic E-state index is 0.111. The molecule has 0 spiro atoms. The highest BCUT2D eigenvalue weighted by Gasteiger charge is 2.45. The zero-order valence-corrected chi connectivity index (χ0v) is 30.8. The van der Waals surface area contributed by atoms with Crippen molar-refractivity contribution in [2.45, 2.75) is 109 Å². The number of hydrogen-bond acceptors (Lipinski definition) is 8. The molecule has 5 amide bonds. The van der Waals surface area contributed by atoms with Crippen LogP contribution in [-0.4, -0.2) is 100 Å². The molecule has 5 N–H and O–H groups in total. The largest absolute Gasteiger partial charge is 0.481 e. The predicted molar refractivity (Wildman–Crippen MR) is 192 cm³/mol. The quantitative estimate of drug-likeness (QED) is 0.198. The van der Waals surface area contributed by atoms with Crippen LogP contribution in [0.4, 0.5) is 4.79 Å². The Morgan fingerprint density at radius 1 is 1.08 bits per heavy atom. The Morgan fingerprint density at radius 3 is 2.44 bits per heavy atom. The second-order valence-electron chi connectivity index (χ2n) is 13.8. The molecule has 1 aromatic heterocycles. The van der Waals surface area contributed by atoms with E-state index in [0.717, 1.165) is 31.4 Å². The first-order valence-corrected chi connectivity index (χ1v) is 18.6. The molecule has 14 heteroatoms. The number of aromatic nitrogens is 1. The number of thiazole rings is 1. The van der Waals surface area contributed by atoms with E-state index in [9.17, 15) is 29.1 Å². The third-order valence-electron chi connectivity index (χ3n) is 10.2. The van der Waals surface area contributed by atoms with Gasteiger partial charge in [-0.3, -0.25) is 24.1 Å². The molecule has 2 aliphatic rings. The van der Waals surface area contributed by atoms with Gasteiger partial charge in [-0.25, -0.2) is 9.78 Å². The molecule has 2 saturated heterocycles. The van der Waals surface area contributed by atoms with Crippen molar-refractivity contribution in [1.29, 1.82) is 0 Å². The summed E-state index contributed by atoms with van der Waals surface area (Å²) in [6, 6.07) is 6.44. The second kappa shape index (κ2) is 17.8. The van der Waals surface area contributed by atoms with Gasteiger partial charge in [-0.15, -0.1) is 11.3 Å². The fourth-order valence-corrected chi connectivity index (χ4v) is 7.85. The number of benzene rings is 1. The number of nitrogens with zero attached hydrogens (tertiary/aromatic N) is 3. The first-order chi connectivity index (χ1) is 23.8. The van der Waals surface area contributed by atoms with Crippen molar-refractivity contribution in [2.24, 2.45) is 11.8 Å². The van der Waals surface area contributed by atoms with Crippen molar-refractivity contribution in [3.05, 3.63) is 52.0 Å². The summed E-state index contributed by atoms with van der Waals surface area (Å²) >= 11 is 1.26. The first-order valence-electron chi connectivity index (χ1n) is 17.7. The van der Waals surface area contributed by atoms with E-state index in [1.807, 2.05) is 63.1 Å². The number of urea groups is 1. The van der Waals surface area contributed by atoms with Gasteiger partial charge in [0.15, 0.2) is 0 Å². The molecule has 3 heterocycles. The molecule has 8 atom stereocenters. The monoisotopic (exact) mass is 711 g/mol. The number of hydrogen-bond donors (Lipinski definition) is 5. The number of rotatable bonds is 14. The Morgan fingerprint density at radius 2 is 1.80 bits per heavy atom. The number of carbonyl (C=O) groups excluding carboxylic acids is 4. The van der Waals surface area contributed by atoms with Gasteiger partial charge in [0.2, 0.25) is 11.8 Å². The van der Waals surface area contributed by atoms with Crippen LogP contribution in [0.25, 0.3) is 0 Å². The molecule has 0 bridgehead atoms. The van der Waals surface area contributed by atoms with Crippen molar-refractivity contribution in [1.82, 2.24) is 36.1 Å². The Bertz CT molecular complexity index is 1490. The molecule has 2 fully saturated rings. The van der Waals surface area contributed by atoms with E-state index in [-0.39, 0.29) is 41.9 Å². The topological polar surface area (TPSA) is 173 Å². The highest BCUT2D eigenvalue weighted by molar-refractivity contribution is 7.09. The molecule has 4 rings (SSSR count). The molecule has 0 aliphatic carbocycles. The van der Waals surface area contributed by atoms with Crippen LogP contribution >= 0.6 is 11.3 Å². The van der Waals surface area contributed by atoms with Crippen molar-refractivity contribution >= 4 is 41.1 Å². The van der Waals surface area contributed by atoms with Crippen LogP contribution in [0, 0.1) is 11.8 Å². The normalized spacial score (nSPS) is 23.3. The highest BCUT2D eigenvalue weighted by Crippen LogP contribution is 2.38. The van der Waals surface area contributed by atoms with E-state index in [4.69, 9.17) is 0 Å². The average molecular weight is 712 g/mol. The average Bonchev–Trinajstić information content (AvgIpc) is 3.72. The van der Waals surface area contributed by atoms with Gasteiger partial charge in [-0.1, -0.05) is 63.9 Å². The first kappa shape index (κ1) is 38.8. The molecule has 50 heavy (non-hydrogen) atoms. The molecule has 1 aromatic carbocycles. The number of amides is 5. The zero-order valence-electron chi connectivity index (χ0n) is 30.0. The van der Waals surface area contributed by atoms with Crippen LogP contribution in [0.1, 0.15) is 93.3 Å². The summed E-state index contributed by atoms with van der Waals surface area (Å²) in [6.45, 7) is 8.26. The van der Waals surface area contributed by atoms with Crippen molar-refractivity contribution in [3.63, 3.8) is 0 Å². The third kappa shape index (κ3) is 9.59. The molecule has 0 saturated carbocycles. The molecular formula is C36H53N7O6S. The summed E-state index contributed by atoms with van der Waals surface area (Å²) in [5.74, 6) is -2.57. The standard InChI is InChI=1S/C36H53N7O6S/c1-7-21(2)30(41-32(45)28-15-11-12-16-42(28)6)33(46)39-26-19-29(43(23(26)4)36(49)37-5)34-40-27(20-50-34)31(44)38-25(17-22(3)35(47)48)18-24-13-9-8-10-14-24/h8-10,13-14,20-23,25-26,28-30H,7,11-12,15-19H2,1-6H3,(H,37,49)(H,38,44)(H,39,46)(H,41,45)(H,47,48). The number of carboxylic acids is 1. The van der Waals surface area contributed by atoms with Gasteiger partial charge in [-0.2, -0.15) is 0 Å². The zero-order chi connectivity index (χ0) is 36.5. The summed E-state index contributed by atoms with van der Waals surface area (Å²) < 4.78 is 0. The highest BCUT2D eigenvalue weighted by atomic mass is 32.1. The molecular weight excluding hydrogens is 659 g/mol. The van der Waals surface area contributed by atoms with Gasteiger partial charge < -0.3 is 31.3 Å². The summed E-state index contributed by atoms with van der Waals surface area (Å²) in [6.07, 6.45) is 4.53. The van der Waals surface area contributed by atoms with Crippen LogP contribution in [0.5, 0.6) is 0 Å². The van der Waals surface area contributed by atoms with Crippen LogP contribution in [-0.2, 0) is 20.8 Å². The van der Waals surface area contributed by atoms with Gasteiger partial charge in [0.25, 0.3) is 5.91 Å². The van der Waals surface area contributed by atoms with Gasteiger partial charge in [0.05, 0.1) is 30.1 Å². The van der Waals surface area contributed by atoms with E-state index in [1.54, 1.807) is 24.3 Å². The Hall–Kier alpha value is -4.04. The van der Waals surface area contributed by atoms with Crippen molar-refractivity contribution < 1.29 is 29.1 Å². The number of carboxylic acid groups (broad SMARTS) is 1. The smallest absolute Gasteiger partial charge is 0.318 e. The number of nitrogens with one attached hydrogen (secondary N) is 4. The van der Waals surface area contributed by atoms with E-state index in [2.05, 4.69) is 26.3 Å². The molecule has 0 radical (unpaired) electrons. The van der Waals surface area contributed by atoms with Gasteiger partial charge >= 0.3 is 12.0 Å². The summed E-state index contributed by atoms with van der Waals surface area (Å²) in [5, 5.41) is 23.6. The van der Waals surface area contributed by atoms with E-state index < -0.39 is 48.0 Å². The summed E-state index contributed by atoms with van der Waals surface area (Å²) in [4.78, 5) is 73.7. The lowest BCUT2D eigenvalue weighted by atomic mass is 9.95. The van der Waals surface area contributed by atoms with Crippen LogP contribution in [0.15, 0.2) is 35.7 Å². The lowest BCUT2D eigenvalue weighted by Crippen LogP contribution is -2.58. The minimum Gasteiger partial charge on any atom is -0.481 e. The Balaban J connectivity index is 1.49. The molecule has 2 aliphatic heterocycles. The lowest BCUT2D eigenvalue weighted by Gasteiger charge is -2.34. The predicted octanol–water partition coefficient (Wildman–Crippen LogP) is 3.57. The Kier molecular flexibility index (Phi) is 13.8. The van der Waals surface area contributed by atoms with Gasteiger partial charge in [-0.05, 0) is 64.1 Å². The second-order valence-corrected chi connectivity index (χ2v) is 14.7.